The van der Waals surface area contributed by atoms with Gasteiger partial charge in [-0.15, -0.1) is 0 Å². The van der Waals surface area contributed by atoms with Crippen LogP contribution in [0, 0.1) is 17.2 Å². The maximum atomic E-state index is 9.25. The summed E-state index contributed by atoms with van der Waals surface area (Å²) in [7, 11) is 1.97. The number of hydrogen-bond donors (Lipinski definition) is 1. The smallest absolute Gasteiger partial charge is 0.101 e. The summed E-state index contributed by atoms with van der Waals surface area (Å²) in [4.78, 5) is 2.06. The van der Waals surface area contributed by atoms with Crippen LogP contribution in [0.15, 0.2) is 18.2 Å². The molecule has 1 aliphatic rings. The number of benzene rings is 1. The third-order valence-corrected chi connectivity index (χ3v) is 3.47. The zero-order chi connectivity index (χ0) is 12.4. The van der Waals surface area contributed by atoms with Crippen LogP contribution >= 0.6 is 11.6 Å². The zero-order valence-corrected chi connectivity index (χ0v) is 10.5. The number of anilines is 1. The Labute approximate surface area is 106 Å². The van der Waals surface area contributed by atoms with E-state index in [1.807, 2.05) is 13.1 Å². The summed E-state index contributed by atoms with van der Waals surface area (Å²) < 4.78 is 0. The predicted octanol–water partition coefficient (Wildman–Crippen LogP) is 2.42. The van der Waals surface area contributed by atoms with Gasteiger partial charge in [0, 0.05) is 18.6 Å². The third kappa shape index (κ3) is 2.71. The highest BCUT2D eigenvalue weighted by atomic mass is 35.5. The molecule has 17 heavy (non-hydrogen) atoms. The first kappa shape index (κ1) is 12.2. The Morgan fingerprint density at radius 3 is 2.82 bits per heavy atom. The standard InChI is InChI=1S/C13H15ClN2O/c1-16(8-9-4-12(17)5-9)13-3-2-11(14)6-10(13)7-15/h2-3,6,9,12,17H,4-5,8H2,1H3. The number of nitriles is 1. The molecule has 3 nitrogen and oxygen atoms in total. The van der Waals surface area contributed by atoms with E-state index < -0.39 is 0 Å². The summed E-state index contributed by atoms with van der Waals surface area (Å²) in [6.07, 6.45) is 1.59. The Hall–Kier alpha value is -1.24. The molecule has 0 bridgehead atoms. The molecular weight excluding hydrogens is 236 g/mol. The molecular formula is C13H15ClN2O. The second-order valence-electron chi connectivity index (χ2n) is 4.65. The summed E-state index contributed by atoms with van der Waals surface area (Å²) in [6.45, 7) is 0.868. The second kappa shape index (κ2) is 4.95. The quantitative estimate of drug-likeness (QED) is 0.896. The lowest BCUT2D eigenvalue weighted by Gasteiger charge is -2.35. The van der Waals surface area contributed by atoms with E-state index in [2.05, 4.69) is 11.0 Å². The number of hydrogen-bond acceptors (Lipinski definition) is 3. The highest BCUT2D eigenvalue weighted by molar-refractivity contribution is 6.30. The van der Waals surface area contributed by atoms with E-state index >= 15 is 0 Å². The fourth-order valence-electron chi connectivity index (χ4n) is 2.27. The molecule has 1 N–H and O–H groups in total. The number of aliphatic hydroxyl groups excluding tert-OH is 1. The van der Waals surface area contributed by atoms with Crippen molar-refractivity contribution in [3.05, 3.63) is 28.8 Å². The molecule has 0 aromatic heterocycles. The average Bonchev–Trinajstić information content (AvgIpc) is 2.26. The van der Waals surface area contributed by atoms with Crippen LogP contribution in [0.1, 0.15) is 18.4 Å². The van der Waals surface area contributed by atoms with Gasteiger partial charge in [-0.2, -0.15) is 5.26 Å². The van der Waals surface area contributed by atoms with Gasteiger partial charge in [-0.25, -0.2) is 0 Å². The highest BCUT2D eigenvalue weighted by Gasteiger charge is 2.28. The van der Waals surface area contributed by atoms with Gasteiger partial charge >= 0.3 is 0 Å². The van der Waals surface area contributed by atoms with E-state index in [9.17, 15) is 5.11 Å². The lowest BCUT2D eigenvalue weighted by molar-refractivity contribution is 0.0465. The summed E-state index contributed by atoms with van der Waals surface area (Å²) in [5, 5.41) is 18.9. The van der Waals surface area contributed by atoms with Crippen LogP contribution < -0.4 is 4.90 Å². The fraction of sp³-hybridized carbons (Fsp3) is 0.462. The molecule has 2 rings (SSSR count). The Balaban J connectivity index is 2.08. The van der Waals surface area contributed by atoms with Crippen molar-refractivity contribution in [1.29, 1.82) is 5.26 Å². The molecule has 4 heteroatoms. The van der Waals surface area contributed by atoms with Crippen molar-refractivity contribution in [3.63, 3.8) is 0 Å². The van der Waals surface area contributed by atoms with Crippen molar-refractivity contribution >= 4 is 17.3 Å². The lowest BCUT2D eigenvalue weighted by atomic mass is 9.82. The van der Waals surface area contributed by atoms with Crippen LogP contribution in [-0.2, 0) is 0 Å². The van der Waals surface area contributed by atoms with Crippen LogP contribution in [0.25, 0.3) is 0 Å². The monoisotopic (exact) mass is 250 g/mol. The molecule has 0 heterocycles. The van der Waals surface area contributed by atoms with E-state index in [0.29, 0.717) is 16.5 Å². The molecule has 0 saturated heterocycles. The van der Waals surface area contributed by atoms with Crippen molar-refractivity contribution in [1.82, 2.24) is 0 Å². The molecule has 0 atom stereocenters. The molecule has 1 fully saturated rings. The first-order chi connectivity index (χ1) is 8.10. The summed E-state index contributed by atoms with van der Waals surface area (Å²) in [5.74, 6) is 0.525. The SMILES string of the molecule is CN(CC1CC(O)C1)c1ccc(Cl)cc1C#N. The van der Waals surface area contributed by atoms with Crippen LogP contribution in [0.3, 0.4) is 0 Å². The number of rotatable bonds is 3. The van der Waals surface area contributed by atoms with Gasteiger partial charge in [-0.1, -0.05) is 11.6 Å². The minimum absolute atomic E-state index is 0.131. The topological polar surface area (TPSA) is 47.3 Å². The van der Waals surface area contributed by atoms with Gasteiger partial charge in [0.05, 0.1) is 17.4 Å². The Morgan fingerprint density at radius 1 is 1.53 bits per heavy atom. The van der Waals surface area contributed by atoms with E-state index in [1.54, 1.807) is 12.1 Å². The van der Waals surface area contributed by atoms with Gasteiger partial charge < -0.3 is 10.0 Å². The average molecular weight is 251 g/mol. The maximum Gasteiger partial charge on any atom is 0.101 e. The van der Waals surface area contributed by atoms with E-state index in [-0.39, 0.29) is 6.10 Å². The molecule has 1 aromatic carbocycles. The van der Waals surface area contributed by atoms with Gasteiger partial charge in [0.2, 0.25) is 0 Å². The molecule has 1 aliphatic carbocycles. The van der Waals surface area contributed by atoms with Crippen molar-refractivity contribution in [2.45, 2.75) is 18.9 Å². The van der Waals surface area contributed by atoms with Gasteiger partial charge in [-0.05, 0) is 37.0 Å². The van der Waals surface area contributed by atoms with Gasteiger partial charge in [-0.3, -0.25) is 0 Å². The van der Waals surface area contributed by atoms with Crippen LogP contribution in [0.2, 0.25) is 5.02 Å². The minimum Gasteiger partial charge on any atom is -0.393 e. The normalized spacial score (nSPS) is 22.7. The lowest BCUT2D eigenvalue weighted by Crippen LogP contribution is -2.37. The third-order valence-electron chi connectivity index (χ3n) is 3.23. The molecule has 1 aromatic rings. The zero-order valence-electron chi connectivity index (χ0n) is 9.73. The molecule has 1 saturated carbocycles. The van der Waals surface area contributed by atoms with Crippen LogP contribution in [-0.4, -0.2) is 24.8 Å². The fourth-order valence-corrected chi connectivity index (χ4v) is 2.44. The molecule has 0 radical (unpaired) electrons. The van der Waals surface area contributed by atoms with Crippen molar-refractivity contribution in [2.75, 3.05) is 18.5 Å². The minimum atomic E-state index is -0.131. The van der Waals surface area contributed by atoms with Crippen LogP contribution in [0.5, 0.6) is 0 Å². The van der Waals surface area contributed by atoms with Crippen molar-refractivity contribution in [2.24, 2.45) is 5.92 Å². The van der Waals surface area contributed by atoms with Crippen LogP contribution in [0.4, 0.5) is 5.69 Å². The molecule has 90 valence electrons. The Bertz CT molecular complexity index is 449. The van der Waals surface area contributed by atoms with E-state index in [0.717, 1.165) is 25.1 Å². The summed E-state index contributed by atoms with van der Waals surface area (Å²) in [5.41, 5.74) is 1.50. The largest absolute Gasteiger partial charge is 0.393 e. The summed E-state index contributed by atoms with van der Waals surface area (Å²) in [6, 6.07) is 7.51. The Kier molecular flexibility index (Phi) is 3.56. The highest BCUT2D eigenvalue weighted by Crippen LogP contribution is 2.30. The summed E-state index contributed by atoms with van der Waals surface area (Å²) >= 11 is 5.86. The number of halogens is 1. The first-order valence-electron chi connectivity index (χ1n) is 5.69. The predicted molar refractivity (Wildman–Crippen MR) is 68.2 cm³/mol. The maximum absolute atomic E-state index is 9.25. The molecule has 0 amide bonds. The van der Waals surface area contributed by atoms with Gasteiger partial charge in [0.25, 0.3) is 0 Å². The number of nitrogens with zero attached hydrogens (tertiary/aromatic N) is 2. The first-order valence-corrected chi connectivity index (χ1v) is 6.07. The number of aliphatic hydroxyl groups is 1. The molecule has 0 unspecified atom stereocenters. The van der Waals surface area contributed by atoms with Gasteiger partial charge in [0.1, 0.15) is 6.07 Å². The second-order valence-corrected chi connectivity index (χ2v) is 5.08. The Morgan fingerprint density at radius 2 is 2.24 bits per heavy atom. The van der Waals surface area contributed by atoms with E-state index in [4.69, 9.17) is 16.9 Å². The van der Waals surface area contributed by atoms with Crippen molar-refractivity contribution < 1.29 is 5.11 Å². The molecule has 0 aliphatic heterocycles. The van der Waals surface area contributed by atoms with Gasteiger partial charge in [0.15, 0.2) is 0 Å². The molecule has 0 spiro atoms. The van der Waals surface area contributed by atoms with E-state index in [1.165, 1.54) is 0 Å². The van der Waals surface area contributed by atoms with Crippen molar-refractivity contribution in [3.8, 4) is 6.07 Å².